The molecule has 0 fully saturated rings. The number of imidazole rings is 1. The number of benzene rings is 2. The maximum Gasteiger partial charge on any atom is 0.256 e. The summed E-state index contributed by atoms with van der Waals surface area (Å²) in [4.78, 5) is 3.39. The Labute approximate surface area is 118 Å². The van der Waals surface area contributed by atoms with Crippen molar-refractivity contribution in [2.24, 2.45) is 0 Å². The molecular weight excluding hydrogens is 248 g/mol. The van der Waals surface area contributed by atoms with Crippen LogP contribution < -0.4 is 4.57 Å². The van der Waals surface area contributed by atoms with Crippen molar-refractivity contribution in [3.63, 3.8) is 0 Å². The van der Waals surface area contributed by atoms with Crippen LogP contribution in [0.2, 0.25) is 0 Å². The van der Waals surface area contributed by atoms with E-state index in [2.05, 4.69) is 27.9 Å². The zero-order chi connectivity index (χ0) is 13.9. The Morgan fingerprint density at radius 2 is 1.70 bits per heavy atom. The number of para-hydroxylation sites is 1. The van der Waals surface area contributed by atoms with Crippen molar-refractivity contribution in [2.75, 3.05) is 0 Å². The molecule has 0 aliphatic rings. The molecule has 2 aromatic carbocycles. The van der Waals surface area contributed by atoms with Crippen molar-refractivity contribution in [3.8, 4) is 16.9 Å². The van der Waals surface area contributed by atoms with Crippen LogP contribution >= 0.6 is 0 Å². The monoisotopic (exact) mass is 265 g/mol. The maximum absolute atomic E-state index is 9.47. The Morgan fingerprint density at radius 3 is 2.45 bits per heavy atom. The summed E-state index contributed by atoms with van der Waals surface area (Å²) in [6.07, 6.45) is 2.07. The van der Waals surface area contributed by atoms with Crippen molar-refractivity contribution < 1.29 is 9.67 Å². The van der Waals surface area contributed by atoms with Crippen molar-refractivity contribution in [1.29, 1.82) is 0 Å². The van der Waals surface area contributed by atoms with Crippen molar-refractivity contribution in [3.05, 3.63) is 72.2 Å². The number of aromatic amines is 1. The molecule has 1 aromatic heterocycles. The molecule has 0 aliphatic carbocycles. The summed E-state index contributed by atoms with van der Waals surface area (Å²) < 4.78 is 2.08. The van der Waals surface area contributed by atoms with Crippen molar-refractivity contribution in [1.82, 2.24) is 4.98 Å². The number of nitrogens with zero attached hydrogens (tertiary/aromatic N) is 1. The van der Waals surface area contributed by atoms with Gasteiger partial charge in [0.15, 0.2) is 5.69 Å². The second-order valence-corrected chi connectivity index (χ2v) is 4.78. The third kappa shape index (κ3) is 2.24. The molecule has 0 atom stereocenters. The van der Waals surface area contributed by atoms with E-state index in [9.17, 15) is 5.11 Å². The highest BCUT2D eigenvalue weighted by Gasteiger charge is 2.16. The zero-order valence-corrected chi connectivity index (χ0v) is 11.4. The number of hydrogen-bond acceptors (Lipinski definition) is 1. The number of aliphatic hydroxyl groups is 1. The molecular formula is C17H17N2O+. The van der Waals surface area contributed by atoms with Crippen LogP contribution in [0.5, 0.6) is 0 Å². The summed E-state index contributed by atoms with van der Waals surface area (Å²) >= 11 is 0. The summed E-state index contributed by atoms with van der Waals surface area (Å²) in [6.45, 7) is 2.06. The highest BCUT2D eigenvalue weighted by Crippen LogP contribution is 2.17. The second-order valence-electron chi connectivity index (χ2n) is 4.78. The Morgan fingerprint density at radius 1 is 1.00 bits per heavy atom. The number of aromatic nitrogens is 2. The van der Waals surface area contributed by atoms with Gasteiger partial charge in [-0.1, -0.05) is 48.5 Å². The highest BCUT2D eigenvalue weighted by atomic mass is 16.3. The van der Waals surface area contributed by atoms with Gasteiger partial charge in [0, 0.05) is 18.1 Å². The second kappa shape index (κ2) is 5.31. The molecule has 3 aromatic rings. The summed E-state index contributed by atoms with van der Waals surface area (Å²) in [7, 11) is 0. The van der Waals surface area contributed by atoms with Crippen molar-refractivity contribution in [2.45, 2.75) is 13.5 Å². The van der Waals surface area contributed by atoms with E-state index >= 15 is 0 Å². The molecule has 0 unspecified atom stereocenters. The van der Waals surface area contributed by atoms with E-state index in [1.807, 2.05) is 49.4 Å². The minimum atomic E-state index is 0.0362. The average molecular weight is 265 g/mol. The first-order valence-electron chi connectivity index (χ1n) is 6.65. The van der Waals surface area contributed by atoms with Gasteiger partial charge in [0.05, 0.1) is 6.61 Å². The Hall–Kier alpha value is -2.39. The molecule has 0 bridgehead atoms. The van der Waals surface area contributed by atoms with Crippen LogP contribution in [0.3, 0.4) is 0 Å². The molecule has 100 valence electrons. The first-order valence-corrected chi connectivity index (χ1v) is 6.65. The number of aliphatic hydroxyl groups excluding tert-OH is 1. The van der Waals surface area contributed by atoms with Crippen LogP contribution in [-0.2, 0) is 6.61 Å². The summed E-state index contributed by atoms with van der Waals surface area (Å²) in [6, 6.07) is 18.1. The largest absolute Gasteiger partial charge is 0.392 e. The molecule has 0 saturated heterocycles. The number of nitrogens with one attached hydrogen (secondary N) is 1. The standard InChI is InChI=1S/C17H16N2O/c1-13-18-16(14-7-3-2-4-8-14)11-19(13)17-10-6-5-9-15(17)12-20/h2-11,20H,12H2,1H3/p+1. The lowest BCUT2D eigenvalue weighted by Crippen LogP contribution is -2.32. The average Bonchev–Trinajstić information content (AvgIpc) is 2.90. The van der Waals surface area contributed by atoms with E-state index in [4.69, 9.17) is 0 Å². The molecule has 0 amide bonds. The minimum Gasteiger partial charge on any atom is -0.392 e. The predicted octanol–water partition coefficient (Wildman–Crippen LogP) is 2.76. The predicted molar refractivity (Wildman–Crippen MR) is 78.4 cm³/mol. The molecule has 3 rings (SSSR count). The van der Waals surface area contributed by atoms with Gasteiger partial charge in [-0.3, -0.25) is 0 Å². The van der Waals surface area contributed by atoms with Gasteiger partial charge in [-0.2, -0.15) is 4.57 Å². The van der Waals surface area contributed by atoms with E-state index in [1.54, 1.807) is 0 Å². The lowest BCUT2D eigenvalue weighted by atomic mass is 10.1. The molecule has 20 heavy (non-hydrogen) atoms. The van der Waals surface area contributed by atoms with Crippen LogP contribution in [0, 0.1) is 6.92 Å². The van der Waals surface area contributed by atoms with E-state index in [-0.39, 0.29) is 6.61 Å². The van der Waals surface area contributed by atoms with Crippen LogP contribution in [0.4, 0.5) is 0 Å². The minimum absolute atomic E-state index is 0.0362. The molecule has 2 N–H and O–H groups in total. The summed E-state index contributed by atoms with van der Waals surface area (Å²) in [5.41, 5.74) is 4.14. The molecule has 1 heterocycles. The number of hydrogen-bond donors (Lipinski definition) is 2. The Bertz CT molecular complexity index is 717. The number of rotatable bonds is 3. The van der Waals surface area contributed by atoms with Crippen LogP contribution in [0.15, 0.2) is 60.8 Å². The Kier molecular flexibility index (Phi) is 3.35. The van der Waals surface area contributed by atoms with Gasteiger partial charge in [0.25, 0.3) is 5.82 Å². The lowest BCUT2D eigenvalue weighted by Gasteiger charge is -2.03. The van der Waals surface area contributed by atoms with Gasteiger partial charge in [0.1, 0.15) is 11.9 Å². The van der Waals surface area contributed by atoms with E-state index in [0.29, 0.717) is 0 Å². The molecule has 0 saturated carbocycles. The van der Waals surface area contributed by atoms with Gasteiger partial charge in [-0.15, -0.1) is 0 Å². The maximum atomic E-state index is 9.47. The highest BCUT2D eigenvalue weighted by molar-refractivity contribution is 5.57. The van der Waals surface area contributed by atoms with Crippen LogP contribution in [-0.4, -0.2) is 10.1 Å². The summed E-state index contributed by atoms with van der Waals surface area (Å²) in [5, 5.41) is 9.47. The molecule has 3 heteroatoms. The first kappa shape index (κ1) is 12.6. The van der Waals surface area contributed by atoms with Gasteiger partial charge >= 0.3 is 0 Å². The topological polar surface area (TPSA) is 39.9 Å². The lowest BCUT2D eigenvalue weighted by molar-refractivity contribution is -0.601. The van der Waals surface area contributed by atoms with Gasteiger partial charge in [0.2, 0.25) is 0 Å². The Balaban J connectivity index is 2.10. The van der Waals surface area contributed by atoms with E-state index < -0.39 is 0 Å². The smallest absolute Gasteiger partial charge is 0.256 e. The van der Waals surface area contributed by atoms with Crippen molar-refractivity contribution >= 4 is 0 Å². The normalized spacial score (nSPS) is 10.7. The molecule has 0 radical (unpaired) electrons. The van der Waals surface area contributed by atoms with Gasteiger partial charge < -0.3 is 5.11 Å². The fourth-order valence-corrected chi connectivity index (χ4v) is 2.41. The van der Waals surface area contributed by atoms with E-state index in [1.165, 1.54) is 0 Å². The van der Waals surface area contributed by atoms with Crippen LogP contribution in [0.1, 0.15) is 11.4 Å². The van der Waals surface area contributed by atoms with Gasteiger partial charge in [-0.25, -0.2) is 4.98 Å². The summed E-state index contributed by atoms with van der Waals surface area (Å²) in [5.74, 6) is 1.03. The third-order valence-electron chi connectivity index (χ3n) is 3.44. The fraction of sp³-hybridized carbons (Fsp3) is 0.118. The van der Waals surface area contributed by atoms with Gasteiger partial charge in [-0.05, 0) is 6.07 Å². The van der Waals surface area contributed by atoms with Crippen LogP contribution in [0.25, 0.3) is 16.9 Å². The first-order chi connectivity index (χ1) is 9.79. The van der Waals surface area contributed by atoms with E-state index in [0.717, 1.165) is 28.3 Å². The number of H-pyrrole nitrogens is 1. The zero-order valence-electron chi connectivity index (χ0n) is 11.4. The molecule has 0 aliphatic heterocycles. The SMILES string of the molecule is Cc1[nH]c(-c2ccccc2)c[n+]1-c1ccccc1CO. The quantitative estimate of drug-likeness (QED) is 0.702. The fourth-order valence-electron chi connectivity index (χ4n) is 2.41. The third-order valence-corrected chi connectivity index (χ3v) is 3.44. The number of aryl methyl sites for hydroxylation is 1. The molecule has 0 spiro atoms. The molecule has 3 nitrogen and oxygen atoms in total.